The first-order valence-corrected chi connectivity index (χ1v) is 16.2. The molecular weight excluding hydrogens is 351 g/mol. The van der Waals surface area contributed by atoms with Gasteiger partial charge in [-0.25, -0.2) is 0 Å². The Balaban J connectivity index is 4.82. The van der Waals surface area contributed by atoms with E-state index in [1.807, 2.05) is 25.3 Å². The summed E-state index contributed by atoms with van der Waals surface area (Å²) < 4.78 is 7.27. The molecule has 0 saturated carbocycles. The zero-order chi connectivity index (χ0) is 15.3. The summed E-state index contributed by atoms with van der Waals surface area (Å²) >= 11 is -2.05. The predicted octanol–water partition coefficient (Wildman–Crippen LogP) is 5.48. The Labute approximate surface area is 131 Å². The molecule has 0 bridgehead atoms. The Morgan fingerprint density at radius 1 is 0.850 bits per heavy atom. The van der Waals surface area contributed by atoms with Crippen LogP contribution in [0, 0.1) is 0 Å². The van der Waals surface area contributed by atoms with Crippen LogP contribution in [0.4, 0.5) is 0 Å². The zero-order valence-corrected chi connectivity index (χ0v) is 17.3. The standard InChI is InChI=1S/C5H9N2.3C4H9.Sn/c1-4-5-6-7(2)3;3*1-3-4-2;/h1,4-5H,2-3H3;3*1,3-4H2,2H3;/b4-1?,6-5+;;;;. The second kappa shape index (κ2) is 12.7. The third kappa shape index (κ3) is 9.84. The topological polar surface area (TPSA) is 15.6 Å². The molecule has 0 aromatic rings. The first kappa shape index (κ1) is 20.0. The normalized spacial score (nSPS) is 12.7. The van der Waals surface area contributed by atoms with Crippen molar-refractivity contribution in [3.63, 3.8) is 0 Å². The summed E-state index contributed by atoms with van der Waals surface area (Å²) in [4.78, 5) is 0. The second-order valence-corrected chi connectivity index (χ2v) is 19.2. The van der Waals surface area contributed by atoms with Crippen molar-refractivity contribution in [1.29, 1.82) is 0 Å². The Bertz CT molecular complexity index is 250. The number of hydrogen-bond donors (Lipinski definition) is 0. The molecule has 0 aliphatic carbocycles. The SMILES string of the molecule is CCC[CH2][Sn](/[CH]=C/C=N/N(C)C)([CH2]CCC)[CH2]CCC. The minimum absolute atomic E-state index is 1.34. The molecule has 0 N–H and O–H groups in total. The van der Waals surface area contributed by atoms with Gasteiger partial charge in [0.05, 0.1) is 0 Å². The molecule has 0 aromatic heterocycles. The summed E-state index contributed by atoms with van der Waals surface area (Å²) in [6.07, 6.45) is 12.6. The molecule has 0 aliphatic heterocycles. The molecule has 0 aliphatic rings. The molecule has 2 nitrogen and oxygen atoms in total. The van der Waals surface area contributed by atoms with E-state index in [9.17, 15) is 0 Å². The zero-order valence-electron chi connectivity index (χ0n) is 14.5. The fourth-order valence-electron chi connectivity index (χ4n) is 2.63. The van der Waals surface area contributed by atoms with Crippen molar-refractivity contribution in [1.82, 2.24) is 5.01 Å². The molecule has 3 heteroatoms. The van der Waals surface area contributed by atoms with Crippen LogP contribution in [-0.4, -0.2) is 43.7 Å². The quantitative estimate of drug-likeness (QED) is 0.246. The third-order valence-corrected chi connectivity index (χ3v) is 18.0. The summed E-state index contributed by atoms with van der Waals surface area (Å²) in [7, 11) is 3.96. The van der Waals surface area contributed by atoms with Gasteiger partial charge in [-0.05, 0) is 0 Å². The van der Waals surface area contributed by atoms with Crippen molar-refractivity contribution < 1.29 is 0 Å². The Morgan fingerprint density at radius 2 is 1.30 bits per heavy atom. The van der Waals surface area contributed by atoms with Crippen LogP contribution in [0.2, 0.25) is 13.3 Å². The van der Waals surface area contributed by atoms with Crippen LogP contribution in [0.5, 0.6) is 0 Å². The van der Waals surface area contributed by atoms with Crippen molar-refractivity contribution in [2.75, 3.05) is 14.1 Å². The van der Waals surface area contributed by atoms with E-state index in [-0.39, 0.29) is 0 Å². The fourth-order valence-corrected chi connectivity index (χ4v) is 16.7. The first-order chi connectivity index (χ1) is 9.60. The van der Waals surface area contributed by atoms with E-state index in [0.29, 0.717) is 0 Å². The van der Waals surface area contributed by atoms with E-state index in [2.05, 4.69) is 36.0 Å². The Kier molecular flexibility index (Phi) is 12.7. The van der Waals surface area contributed by atoms with Gasteiger partial charge < -0.3 is 0 Å². The van der Waals surface area contributed by atoms with E-state index >= 15 is 0 Å². The average Bonchev–Trinajstić information content (AvgIpc) is 2.44. The molecule has 0 amide bonds. The predicted molar refractivity (Wildman–Crippen MR) is 96.2 cm³/mol. The maximum atomic E-state index is 4.32. The van der Waals surface area contributed by atoms with E-state index < -0.39 is 18.4 Å². The van der Waals surface area contributed by atoms with Crippen LogP contribution < -0.4 is 0 Å². The summed E-state index contributed by atoms with van der Waals surface area (Å²) in [6, 6.07) is 0. The number of nitrogens with zero attached hydrogens (tertiary/aromatic N) is 2. The van der Waals surface area contributed by atoms with Gasteiger partial charge in [-0.2, -0.15) is 0 Å². The number of allylic oxidation sites excluding steroid dienone is 1. The molecule has 0 fully saturated rings. The molecule has 0 spiro atoms. The van der Waals surface area contributed by atoms with Crippen LogP contribution in [0.1, 0.15) is 59.3 Å². The van der Waals surface area contributed by atoms with Gasteiger partial charge in [0, 0.05) is 0 Å². The monoisotopic (exact) mass is 388 g/mol. The van der Waals surface area contributed by atoms with Gasteiger partial charge in [0.2, 0.25) is 0 Å². The average molecular weight is 387 g/mol. The molecule has 0 unspecified atom stereocenters. The van der Waals surface area contributed by atoms with Crippen molar-refractivity contribution in [3.05, 3.63) is 10.2 Å². The van der Waals surface area contributed by atoms with Gasteiger partial charge in [0.1, 0.15) is 0 Å². The molecule has 0 rings (SSSR count). The summed E-state index contributed by atoms with van der Waals surface area (Å²) in [6.45, 7) is 6.98. The molecule has 0 heterocycles. The van der Waals surface area contributed by atoms with E-state index in [1.54, 1.807) is 0 Å². The minimum atomic E-state index is -2.05. The van der Waals surface area contributed by atoms with Gasteiger partial charge >= 0.3 is 132 Å². The summed E-state index contributed by atoms with van der Waals surface area (Å²) in [5.74, 6) is 0. The summed E-state index contributed by atoms with van der Waals surface area (Å²) in [5, 5.41) is 6.19. The molecular formula is C17H36N2Sn. The van der Waals surface area contributed by atoms with Crippen LogP contribution in [0.15, 0.2) is 15.3 Å². The Hall–Kier alpha value is 0.00870. The molecule has 118 valence electrons. The van der Waals surface area contributed by atoms with Gasteiger partial charge in [0.15, 0.2) is 0 Å². The van der Waals surface area contributed by atoms with Gasteiger partial charge in [-0.15, -0.1) is 0 Å². The number of hydrazone groups is 1. The van der Waals surface area contributed by atoms with Crippen molar-refractivity contribution >= 4 is 24.6 Å². The van der Waals surface area contributed by atoms with Gasteiger partial charge in [0.25, 0.3) is 0 Å². The van der Waals surface area contributed by atoms with Crippen molar-refractivity contribution in [3.8, 4) is 0 Å². The fraction of sp³-hybridized carbons (Fsp3) is 0.824. The first-order valence-electron chi connectivity index (χ1n) is 8.49. The van der Waals surface area contributed by atoms with Gasteiger partial charge in [-0.3, -0.25) is 0 Å². The van der Waals surface area contributed by atoms with E-state index in [1.165, 1.54) is 51.8 Å². The van der Waals surface area contributed by atoms with Crippen LogP contribution in [0.25, 0.3) is 0 Å². The Morgan fingerprint density at radius 3 is 1.65 bits per heavy atom. The van der Waals surface area contributed by atoms with Crippen LogP contribution in [0.3, 0.4) is 0 Å². The van der Waals surface area contributed by atoms with Gasteiger partial charge in [-0.1, -0.05) is 0 Å². The third-order valence-electron chi connectivity index (χ3n) is 3.92. The second-order valence-electron chi connectivity index (χ2n) is 6.14. The molecule has 0 saturated heterocycles. The molecule has 20 heavy (non-hydrogen) atoms. The van der Waals surface area contributed by atoms with Crippen molar-refractivity contribution in [2.45, 2.75) is 72.6 Å². The number of hydrogen-bond acceptors (Lipinski definition) is 2. The molecule has 0 radical (unpaired) electrons. The molecule has 0 atom stereocenters. The van der Waals surface area contributed by atoms with E-state index in [0.717, 1.165) is 0 Å². The van der Waals surface area contributed by atoms with Crippen LogP contribution >= 0.6 is 0 Å². The van der Waals surface area contributed by atoms with Crippen LogP contribution in [-0.2, 0) is 0 Å². The number of rotatable bonds is 12. The number of unbranched alkanes of at least 4 members (excludes halogenated alkanes) is 3. The van der Waals surface area contributed by atoms with E-state index in [4.69, 9.17) is 0 Å². The molecule has 0 aromatic carbocycles. The maximum absolute atomic E-state index is 4.32. The van der Waals surface area contributed by atoms with Crippen molar-refractivity contribution in [2.24, 2.45) is 5.10 Å². The summed E-state index contributed by atoms with van der Waals surface area (Å²) in [5.41, 5.74) is 0.